The van der Waals surface area contributed by atoms with Crippen LogP contribution < -0.4 is 19.7 Å². The van der Waals surface area contributed by atoms with E-state index >= 15 is 0 Å². The summed E-state index contributed by atoms with van der Waals surface area (Å²) >= 11 is 1.53. The van der Waals surface area contributed by atoms with Crippen molar-refractivity contribution in [1.82, 2.24) is 5.32 Å². The number of carbonyl (C=O) groups excluding carboxylic acids is 2. The van der Waals surface area contributed by atoms with Crippen molar-refractivity contribution < 1.29 is 19.1 Å². The molecule has 1 fully saturated rings. The highest BCUT2D eigenvalue weighted by Crippen LogP contribution is 2.33. The van der Waals surface area contributed by atoms with Gasteiger partial charge in [-0.3, -0.25) is 14.5 Å². The normalized spacial score (nSPS) is 14.4. The van der Waals surface area contributed by atoms with Crippen LogP contribution in [0.15, 0.2) is 66.0 Å². The van der Waals surface area contributed by atoms with Crippen LogP contribution in [-0.4, -0.2) is 32.1 Å². The van der Waals surface area contributed by atoms with Crippen LogP contribution >= 0.6 is 11.3 Å². The Morgan fingerprint density at radius 1 is 1.00 bits per heavy atom. The highest BCUT2D eigenvalue weighted by molar-refractivity contribution is 7.10. The van der Waals surface area contributed by atoms with Crippen molar-refractivity contribution in [2.75, 3.05) is 19.1 Å². The lowest BCUT2D eigenvalue weighted by atomic mass is 10.0. The molecule has 0 bridgehead atoms. The molecule has 1 aliphatic carbocycles. The molecule has 0 aliphatic heterocycles. The Morgan fingerprint density at radius 3 is 2.38 bits per heavy atom. The smallest absolute Gasteiger partial charge is 0.248 e. The Balaban J connectivity index is 1.77. The van der Waals surface area contributed by atoms with Gasteiger partial charge < -0.3 is 14.8 Å². The summed E-state index contributed by atoms with van der Waals surface area (Å²) in [4.78, 5) is 30.1. The van der Waals surface area contributed by atoms with Crippen molar-refractivity contribution in [2.45, 2.75) is 44.2 Å². The summed E-state index contributed by atoms with van der Waals surface area (Å²) in [6.45, 7) is 0. The number of carbonyl (C=O) groups is 2. The van der Waals surface area contributed by atoms with Crippen LogP contribution in [0.25, 0.3) is 0 Å². The average molecular weight is 479 g/mol. The molecule has 3 aromatic rings. The van der Waals surface area contributed by atoms with Crippen LogP contribution in [0.1, 0.15) is 42.2 Å². The van der Waals surface area contributed by atoms with Crippen LogP contribution in [0.5, 0.6) is 11.5 Å². The number of methoxy groups -OCH3 is 2. The minimum atomic E-state index is -0.828. The summed E-state index contributed by atoms with van der Waals surface area (Å²) in [6.07, 6.45) is 4.34. The third-order valence-electron chi connectivity index (χ3n) is 6.15. The number of thiophene rings is 1. The van der Waals surface area contributed by atoms with E-state index in [9.17, 15) is 9.59 Å². The maximum atomic E-state index is 13.8. The van der Waals surface area contributed by atoms with Gasteiger partial charge in [-0.1, -0.05) is 37.1 Å². The summed E-state index contributed by atoms with van der Waals surface area (Å²) in [7, 11) is 3.19. The molecular weight excluding hydrogens is 448 g/mol. The monoisotopic (exact) mass is 478 g/mol. The third kappa shape index (κ3) is 5.59. The minimum Gasteiger partial charge on any atom is -0.497 e. The lowest BCUT2D eigenvalue weighted by molar-refractivity contribution is -0.127. The van der Waals surface area contributed by atoms with Gasteiger partial charge in [0.15, 0.2) is 0 Å². The second-order valence-electron chi connectivity index (χ2n) is 8.39. The first-order valence-corrected chi connectivity index (χ1v) is 12.4. The summed E-state index contributed by atoms with van der Waals surface area (Å²) in [5.41, 5.74) is 1.34. The van der Waals surface area contributed by atoms with E-state index in [1.807, 2.05) is 60.0 Å². The molecule has 1 heterocycles. The summed E-state index contributed by atoms with van der Waals surface area (Å²) < 4.78 is 10.7. The second kappa shape index (κ2) is 11.2. The fourth-order valence-electron chi connectivity index (χ4n) is 4.40. The molecule has 1 N–H and O–H groups in total. The van der Waals surface area contributed by atoms with Gasteiger partial charge in [0.25, 0.3) is 0 Å². The molecule has 0 spiro atoms. The van der Waals surface area contributed by atoms with Gasteiger partial charge in [0.05, 0.1) is 20.6 Å². The molecule has 0 radical (unpaired) electrons. The molecule has 178 valence electrons. The molecule has 4 rings (SSSR count). The van der Waals surface area contributed by atoms with Crippen LogP contribution in [0.2, 0.25) is 0 Å². The van der Waals surface area contributed by atoms with Gasteiger partial charge in [0.2, 0.25) is 11.8 Å². The first kappa shape index (κ1) is 23.8. The Labute approximate surface area is 204 Å². The fraction of sp³-hybridized carbons (Fsp3) is 0.333. The molecule has 1 saturated carbocycles. The van der Waals surface area contributed by atoms with Gasteiger partial charge in [-0.25, -0.2) is 0 Å². The molecule has 7 heteroatoms. The maximum absolute atomic E-state index is 13.8. The van der Waals surface area contributed by atoms with Crippen LogP contribution in [0.3, 0.4) is 0 Å². The molecule has 2 amide bonds. The maximum Gasteiger partial charge on any atom is 0.248 e. The zero-order valence-corrected chi connectivity index (χ0v) is 20.3. The van der Waals surface area contributed by atoms with Crippen LogP contribution in [0, 0.1) is 0 Å². The molecule has 6 nitrogen and oxygen atoms in total. The second-order valence-corrected chi connectivity index (χ2v) is 9.42. The largest absolute Gasteiger partial charge is 0.497 e. The number of hydrogen-bond donors (Lipinski definition) is 1. The number of ether oxygens (including phenoxy) is 2. The summed E-state index contributed by atoms with van der Waals surface area (Å²) in [5, 5.41) is 5.16. The Kier molecular flexibility index (Phi) is 7.85. The number of anilines is 1. The van der Waals surface area contributed by atoms with E-state index in [0.29, 0.717) is 17.2 Å². The van der Waals surface area contributed by atoms with E-state index < -0.39 is 6.04 Å². The quantitative estimate of drug-likeness (QED) is 0.462. The minimum absolute atomic E-state index is 0.132. The zero-order valence-electron chi connectivity index (χ0n) is 19.5. The number of amides is 2. The van der Waals surface area contributed by atoms with E-state index in [2.05, 4.69) is 5.32 Å². The van der Waals surface area contributed by atoms with Gasteiger partial charge in [0, 0.05) is 22.7 Å². The van der Waals surface area contributed by atoms with Crippen molar-refractivity contribution in [2.24, 2.45) is 0 Å². The fourth-order valence-corrected chi connectivity index (χ4v) is 5.09. The summed E-state index contributed by atoms with van der Waals surface area (Å²) in [6, 6.07) is 17.8. The Bertz CT molecular complexity index is 1090. The van der Waals surface area contributed by atoms with Crippen molar-refractivity contribution in [3.05, 3.63) is 76.5 Å². The number of rotatable bonds is 9. The first-order valence-electron chi connectivity index (χ1n) is 11.5. The highest BCUT2D eigenvalue weighted by Gasteiger charge is 2.34. The van der Waals surface area contributed by atoms with Gasteiger partial charge in [-0.05, 0) is 54.1 Å². The molecule has 2 aromatic carbocycles. The first-order chi connectivity index (χ1) is 16.6. The van der Waals surface area contributed by atoms with Crippen molar-refractivity contribution in [3.8, 4) is 11.5 Å². The Hall–Kier alpha value is -3.32. The summed E-state index contributed by atoms with van der Waals surface area (Å²) in [5.74, 6) is 0.977. The van der Waals surface area contributed by atoms with Gasteiger partial charge >= 0.3 is 0 Å². The van der Waals surface area contributed by atoms with E-state index in [4.69, 9.17) is 9.47 Å². The lowest BCUT2D eigenvalue weighted by Gasteiger charge is -2.32. The van der Waals surface area contributed by atoms with E-state index in [-0.39, 0.29) is 24.3 Å². The molecule has 1 aliphatic rings. The van der Waals surface area contributed by atoms with Gasteiger partial charge in [0.1, 0.15) is 17.5 Å². The predicted molar refractivity (Wildman–Crippen MR) is 135 cm³/mol. The molecule has 34 heavy (non-hydrogen) atoms. The van der Waals surface area contributed by atoms with E-state index in [0.717, 1.165) is 36.1 Å². The molecule has 1 atom stereocenters. The van der Waals surface area contributed by atoms with Gasteiger partial charge in [-0.15, -0.1) is 11.3 Å². The SMILES string of the molecule is COc1ccc([C@H](C(=O)NC2CCCC2)N(C(=O)Cc2cccs2)c2cccc(OC)c2)cc1. The van der Waals surface area contributed by atoms with Crippen molar-refractivity contribution in [3.63, 3.8) is 0 Å². The number of nitrogens with zero attached hydrogens (tertiary/aromatic N) is 1. The third-order valence-corrected chi connectivity index (χ3v) is 7.02. The Morgan fingerprint density at radius 2 is 1.74 bits per heavy atom. The van der Waals surface area contributed by atoms with E-state index in [1.165, 1.54) is 11.3 Å². The average Bonchev–Trinajstić information content (AvgIpc) is 3.57. The standard InChI is InChI=1S/C27H30N2O4S/c1-32-22-14-12-19(13-15-22)26(27(31)28-20-7-3-4-8-20)29(21-9-5-10-23(17-21)33-2)25(30)18-24-11-6-16-34-24/h5-6,9-17,20,26H,3-4,7-8,18H2,1-2H3,(H,28,31)/t26-/m1/s1. The lowest BCUT2D eigenvalue weighted by Crippen LogP contribution is -2.46. The van der Waals surface area contributed by atoms with Crippen molar-refractivity contribution in [1.29, 1.82) is 0 Å². The topological polar surface area (TPSA) is 67.9 Å². The number of nitrogens with one attached hydrogen (secondary N) is 1. The van der Waals surface area contributed by atoms with E-state index in [1.54, 1.807) is 25.2 Å². The number of hydrogen-bond acceptors (Lipinski definition) is 5. The van der Waals surface area contributed by atoms with Crippen molar-refractivity contribution >= 4 is 28.8 Å². The molecule has 1 aromatic heterocycles. The van der Waals surface area contributed by atoms with Gasteiger partial charge in [-0.2, -0.15) is 0 Å². The predicted octanol–water partition coefficient (Wildman–Crippen LogP) is 5.14. The highest BCUT2D eigenvalue weighted by atomic mass is 32.1. The molecule has 0 unspecified atom stereocenters. The zero-order chi connectivity index (χ0) is 23.9. The number of benzene rings is 2. The molecule has 0 saturated heterocycles. The van der Waals surface area contributed by atoms with Crippen LogP contribution in [-0.2, 0) is 16.0 Å². The molecular formula is C27H30N2O4S. The van der Waals surface area contributed by atoms with Crippen LogP contribution in [0.4, 0.5) is 5.69 Å².